The molecule has 1 aliphatic heterocycles. The van der Waals surface area contributed by atoms with Crippen LogP contribution in [0, 0.1) is 19.8 Å². The summed E-state index contributed by atoms with van der Waals surface area (Å²) in [5, 5.41) is 9.24. The average Bonchev–Trinajstić information content (AvgIpc) is 2.68. The van der Waals surface area contributed by atoms with Gasteiger partial charge in [-0.3, -0.25) is 4.79 Å². The zero-order valence-corrected chi connectivity index (χ0v) is 11.4. The zero-order valence-electron chi connectivity index (χ0n) is 11.4. The number of pyridine rings is 1. The molecule has 2 atom stereocenters. The standard InChI is InChI=1S/C14H18N2O3/c1-8-6-10(3)15-11(7-8)13(17)16-5-4-9(2)12(16)14(18)19/h6-7,9,12H,4-5H2,1-3H3,(H,18,19). The topological polar surface area (TPSA) is 70.5 Å². The third-order valence-electron chi connectivity index (χ3n) is 3.53. The van der Waals surface area contributed by atoms with E-state index in [0.717, 1.165) is 11.3 Å². The van der Waals surface area contributed by atoms with Crippen molar-refractivity contribution < 1.29 is 14.7 Å². The summed E-state index contributed by atoms with van der Waals surface area (Å²) in [4.78, 5) is 29.3. The normalized spacial score (nSPS) is 22.6. The molecular formula is C14H18N2O3. The van der Waals surface area contributed by atoms with E-state index >= 15 is 0 Å². The molecule has 1 aromatic heterocycles. The third kappa shape index (κ3) is 2.59. The molecule has 0 radical (unpaired) electrons. The van der Waals surface area contributed by atoms with Gasteiger partial charge in [0.25, 0.3) is 5.91 Å². The summed E-state index contributed by atoms with van der Waals surface area (Å²) in [5.74, 6) is -1.25. The van der Waals surface area contributed by atoms with E-state index in [9.17, 15) is 14.7 Å². The summed E-state index contributed by atoms with van der Waals surface area (Å²) in [6.45, 7) is 6.06. The third-order valence-corrected chi connectivity index (χ3v) is 3.53. The van der Waals surface area contributed by atoms with E-state index in [1.165, 1.54) is 4.90 Å². The Morgan fingerprint density at radius 2 is 2.05 bits per heavy atom. The molecule has 1 amide bonds. The van der Waals surface area contributed by atoms with Crippen molar-refractivity contribution in [3.63, 3.8) is 0 Å². The zero-order chi connectivity index (χ0) is 14.2. The average molecular weight is 262 g/mol. The van der Waals surface area contributed by atoms with Crippen LogP contribution < -0.4 is 0 Å². The smallest absolute Gasteiger partial charge is 0.326 e. The Bertz CT molecular complexity index is 507. The van der Waals surface area contributed by atoms with Gasteiger partial charge in [0.1, 0.15) is 11.7 Å². The van der Waals surface area contributed by atoms with Gasteiger partial charge in [0, 0.05) is 12.2 Å². The van der Waals surface area contributed by atoms with Crippen molar-refractivity contribution in [2.75, 3.05) is 6.54 Å². The van der Waals surface area contributed by atoms with Crippen LogP contribution in [0.3, 0.4) is 0 Å². The maximum Gasteiger partial charge on any atom is 0.326 e. The molecule has 2 rings (SSSR count). The Morgan fingerprint density at radius 1 is 1.37 bits per heavy atom. The fraction of sp³-hybridized carbons (Fsp3) is 0.500. The van der Waals surface area contributed by atoms with Gasteiger partial charge in [0.05, 0.1) is 0 Å². The molecule has 0 aliphatic carbocycles. The van der Waals surface area contributed by atoms with Crippen LogP contribution in [0.5, 0.6) is 0 Å². The Kier molecular flexibility index (Phi) is 3.55. The van der Waals surface area contributed by atoms with Gasteiger partial charge in [0.15, 0.2) is 0 Å². The summed E-state index contributed by atoms with van der Waals surface area (Å²) >= 11 is 0. The monoisotopic (exact) mass is 262 g/mol. The van der Waals surface area contributed by atoms with E-state index in [0.29, 0.717) is 18.7 Å². The molecule has 1 N–H and O–H groups in total. The van der Waals surface area contributed by atoms with E-state index in [1.807, 2.05) is 26.8 Å². The van der Waals surface area contributed by atoms with Crippen LogP contribution in [0.15, 0.2) is 12.1 Å². The van der Waals surface area contributed by atoms with Crippen molar-refractivity contribution in [1.82, 2.24) is 9.88 Å². The van der Waals surface area contributed by atoms with Gasteiger partial charge in [-0.1, -0.05) is 6.92 Å². The molecule has 5 heteroatoms. The number of hydrogen-bond donors (Lipinski definition) is 1. The maximum absolute atomic E-state index is 12.4. The van der Waals surface area contributed by atoms with Gasteiger partial charge in [-0.15, -0.1) is 0 Å². The molecule has 0 bridgehead atoms. The fourth-order valence-corrected chi connectivity index (χ4v) is 2.65. The molecule has 0 saturated carbocycles. The molecule has 2 heterocycles. The molecule has 1 saturated heterocycles. The molecule has 19 heavy (non-hydrogen) atoms. The number of nitrogens with zero attached hydrogens (tertiary/aromatic N) is 2. The van der Waals surface area contributed by atoms with Crippen LogP contribution >= 0.6 is 0 Å². The molecule has 1 aliphatic rings. The lowest BCUT2D eigenvalue weighted by Crippen LogP contribution is -2.43. The van der Waals surface area contributed by atoms with Crippen LogP contribution in [-0.4, -0.2) is 39.5 Å². The SMILES string of the molecule is Cc1cc(C)nc(C(=O)N2CCC(C)C2C(=O)O)c1. The summed E-state index contributed by atoms with van der Waals surface area (Å²) < 4.78 is 0. The highest BCUT2D eigenvalue weighted by Gasteiger charge is 2.40. The number of carbonyl (C=O) groups is 2. The lowest BCUT2D eigenvalue weighted by Gasteiger charge is -2.23. The van der Waals surface area contributed by atoms with Crippen LogP contribution in [0.1, 0.15) is 35.1 Å². The summed E-state index contributed by atoms with van der Waals surface area (Å²) in [7, 11) is 0. The van der Waals surface area contributed by atoms with Crippen molar-refractivity contribution in [1.29, 1.82) is 0 Å². The highest BCUT2D eigenvalue weighted by Crippen LogP contribution is 2.25. The molecular weight excluding hydrogens is 244 g/mol. The Labute approximate surface area is 112 Å². The van der Waals surface area contributed by atoms with Crippen LogP contribution in [0.2, 0.25) is 0 Å². The second-order valence-corrected chi connectivity index (χ2v) is 5.22. The minimum atomic E-state index is -0.942. The lowest BCUT2D eigenvalue weighted by atomic mass is 10.0. The molecule has 1 aromatic rings. The van der Waals surface area contributed by atoms with Gasteiger partial charge in [-0.2, -0.15) is 0 Å². The van der Waals surface area contributed by atoms with E-state index in [-0.39, 0.29) is 11.8 Å². The maximum atomic E-state index is 12.4. The number of carboxylic acid groups (broad SMARTS) is 1. The highest BCUT2D eigenvalue weighted by molar-refractivity contribution is 5.95. The summed E-state index contributed by atoms with van der Waals surface area (Å²) in [6.07, 6.45) is 0.716. The van der Waals surface area contributed by atoms with Gasteiger partial charge in [-0.05, 0) is 43.9 Å². The van der Waals surface area contributed by atoms with E-state index < -0.39 is 12.0 Å². The number of carbonyl (C=O) groups excluding carboxylic acids is 1. The van der Waals surface area contributed by atoms with Crippen molar-refractivity contribution in [2.45, 2.75) is 33.2 Å². The van der Waals surface area contributed by atoms with E-state index in [1.54, 1.807) is 6.07 Å². The van der Waals surface area contributed by atoms with Gasteiger partial charge in [-0.25, -0.2) is 9.78 Å². The number of rotatable bonds is 2. The van der Waals surface area contributed by atoms with Crippen LogP contribution in [0.4, 0.5) is 0 Å². The minimum Gasteiger partial charge on any atom is -0.480 e. The Balaban J connectivity index is 2.31. The van der Waals surface area contributed by atoms with E-state index in [4.69, 9.17) is 0 Å². The van der Waals surface area contributed by atoms with Gasteiger partial charge < -0.3 is 10.0 Å². The predicted octanol–water partition coefficient (Wildman–Crippen LogP) is 1.63. The van der Waals surface area contributed by atoms with Crippen molar-refractivity contribution in [3.05, 3.63) is 29.1 Å². The van der Waals surface area contributed by atoms with Crippen LogP contribution in [0.25, 0.3) is 0 Å². The first-order valence-corrected chi connectivity index (χ1v) is 6.39. The number of hydrogen-bond acceptors (Lipinski definition) is 3. The quantitative estimate of drug-likeness (QED) is 0.879. The number of aryl methyl sites for hydroxylation is 2. The van der Waals surface area contributed by atoms with Crippen LogP contribution in [-0.2, 0) is 4.79 Å². The minimum absolute atomic E-state index is 0.0210. The molecule has 0 spiro atoms. The number of aromatic nitrogens is 1. The summed E-state index contributed by atoms with van der Waals surface area (Å²) in [6, 6.07) is 2.85. The number of amides is 1. The fourth-order valence-electron chi connectivity index (χ4n) is 2.65. The highest BCUT2D eigenvalue weighted by atomic mass is 16.4. The second kappa shape index (κ2) is 4.99. The van der Waals surface area contributed by atoms with Crippen molar-refractivity contribution >= 4 is 11.9 Å². The number of likely N-dealkylation sites (tertiary alicyclic amines) is 1. The summed E-state index contributed by atoms with van der Waals surface area (Å²) in [5.41, 5.74) is 2.05. The molecule has 1 fully saturated rings. The first-order chi connectivity index (χ1) is 8.90. The number of carboxylic acids is 1. The number of aliphatic carboxylic acids is 1. The molecule has 5 nitrogen and oxygen atoms in total. The van der Waals surface area contributed by atoms with E-state index in [2.05, 4.69) is 4.98 Å². The van der Waals surface area contributed by atoms with Gasteiger partial charge in [0.2, 0.25) is 0 Å². The first-order valence-electron chi connectivity index (χ1n) is 6.39. The largest absolute Gasteiger partial charge is 0.480 e. The lowest BCUT2D eigenvalue weighted by molar-refractivity contribution is -0.142. The van der Waals surface area contributed by atoms with Crippen molar-refractivity contribution in [2.24, 2.45) is 5.92 Å². The Morgan fingerprint density at radius 3 is 2.63 bits per heavy atom. The Hall–Kier alpha value is -1.91. The predicted molar refractivity (Wildman–Crippen MR) is 70.0 cm³/mol. The first kappa shape index (κ1) is 13.5. The van der Waals surface area contributed by atoms with Crippen molar-refractivity contribution in [3.8, 4) is 0 Å². The second-order valence-electron chi connectivity index (χ2n) is 5.22. The molecule has 2 unspecified atom stereocenters. The van der Waals surface area contributed by atoms with Gasteiger partial charge >= 0.3 is 5.97 Å². The molecule has 0 aromatic carbocycles. The molecule has 102 valence electrons.